The maximum absolute atomic E-state index is 6.27. The number of hydrogen-bond acceptors (Lipinski definition) is 2. The second-order valence-electron chi connectivity index (χ2n) is 5.16. The minimum Gasteiger partial charge on any atom is -0.464 e. The van der Waals surface area contributed by atoms with Crippen LogP contribution in [0.25, 0.3) is 0 Å². The van der Waals surface area contributed by atoms with E-state index in [-0.39, 0.29) is 6.04 Å². The van der Waals surface area contributed by atoms with Gasteiger partial charge in [0.05, 0.1) is 6.04 Å². The summed E-state index contributed by atoms with van der Waals surface area (Å²) in [4.78, 5) is 0. The van der Waals surface area contributed by atoms with Crippen molar-refractivity contribution in [3.05, 3.63) is 58.5 Å². The molecule has 0 fully saturated rings. The summed E-state index contributed by atoms with van der Waals surface area (Å²) in [6.45, 7) is 1.95. The summed E-state index contributed by atoms with van der Waals surface area (Å²) < 4.78 is 5.62. The minimum atomic E-state index is -0.147. The second-order valence-corrected chi connectivity index (χ2v) is 5.16. The van der Waals surface area contributed by atoms with E-state index in [0.29, 0.717) is 0 Å². The first-order chi connectivity index (χ1) is 8.74. The summed E-state index contributed by atoms with van der Waals surface area (Å²) in [6.07, 6.45) is 5.01. The SMILES string of the molecule is Cc1ccc(C(N)c2ccc3c(c2)CCCC3)o1. The highest BCUT2D eigenvalue weighted by Gasteiger charge is 2.16. The van der Waals surface area contributed by atoms with Crippen molar-refractivity contribution in [1.82, 2.24) is 0 Å². The lowest BCUT2D eigenvalue weighted by Gasteiger charge is -2.18. The molecule has 0 spiro atoms. The lowest BCUT2D eigenvalue weighted by Crippen LogP contribution is -2.12. The van der Waals surface area contributed by atoms with Crippen LogP contribution in [0.1, 0.15) is 47.1 Å². The molecule has 3 rings (SSSR count). The average molecular weight is 241 g/mol. The molecule has 1 aliphatic carbocycles. The molecular formula is C16H19NO. The molecule has 1 unspecified atom stereocenters. The maximum Gasteiger partial charge on any atom is 0.125 e. The van der Waals surface area contributed by atoms with E-state index in [0.717, 1.165) is 17.1 Å². The molecule has 2 N–H and O–H groups in total. The number of benzene rings is 1. The van der Waals surface area contributed by atoms with Gasteiger partial charge in [-0.15, -0.1) is 0 Å². The van der Waals surface area contributed by atoms with Crippen molar-refractivity contribution < 1.29 is 4.42 Å². The molecule has 2 heteroatoms. The van der Waals surface area contributed by atoms with Crippen molar-refractivity contribution in [1.29, 1.82) is 0 Å². The number of nitrogens with two attached hydrogens (primary N) is 1. The second kappa shape index (κ2) is 4.62. The molecule has 0 saturated heterocycles. The Morgan fingerprint density at radius 2 is 1.83 bits per heavy atom. The van der Waals surface area contributed by atoms with Crippen molar-refractivity contribution >= 4 is 0 Å². The van der Waals surface area contributed by atoms with Crippen LogP contribution >= 0.6 is 0 Å². The van der Waals surface area contributed by atoms with Crippen LogP contribution < -0.4 is 5.73 Å². The molecule has 2 nitrogen and oxygen atoms in total. The first-order valence-corrected chi connectivity index (χ1v) is 6.67. The van der Waals surface area contributed by atoms with Crippen LogP contribution in [-0.2, 0) is 12.8 Å². The summed E-state index contributed by atoms with van der Waals surface area (Å²) in [7, 11) is 0. The highest BCUT2D eigenvalue weighted by molar-refractivity contribution is 5.37. The molecule has 0 bridgehead atoms. The van der Waals surface area contributed by atoms with E-state index in [1.807, 2.05) is 19.1 Å². The fraction of sp³-hybridized carbons (Fsp3) is 0.375. The van der Waals surface area contributed by atoms with Gasteiger partial charge < -0.3 is 10.2 Å². The molecule has 94 valence electrons. The molecule has 0 radical (unpaired) electrons. The lowest BCUT2D eigenvalue weighted by molar-refractivity contribution is 0.466. The smallest absolute Gasteiger partial charge is 0.125 e. The van der Waals surface area contributed by atoms with Gasteiger partial charge in [0.15, 0.2) is 0 Å². The molecule has 1 aliphatic rings. The molecule has 0 aliphatic heterocycles. The van der Waals surface area contributed by atoms with Crippen molar-refractivity contribution in [2.75, 3.05) is 0 Å². The van der Waals surface area contributed by atoms with Crippen LogP contribution in [-0.4, -0.2) is 0 Å². The molecule has 1 heterocycles. The Labute approximate surface area is 108 Å². The third-order valence-electron chi connectivity index (χ3n) is 3.80. The number of hydrogen-bond donors (Lipinski definition) is 1. The van der Waals surface area contributed by atoms with E-state index in [4.69, 9.17) is 10.2 Å². The van der Waals surface area contributed by atoms with E-state index in [2.05, 4.69) is 18.2 Å². The fourth-order valence-electron chi connectivity index (χ4n) is 2.73. The Kier molecular flexibility index (Phi) is 2.96. The van der Waals surface area contributed by atoms with Gasteiger partial charge in [0.25, 0.3) is 0 Å². The molecule has 18 heavy (non-hydrogen) atoms. The fourth-order valence-corrected chi connectivity index (χ4v) is 2.73. The Balaban J connectivity index is 1.92. The molecule has 1 atom stereocenters. The average Bonchev–Trinajstić information content (AvgIpc) is 2.84. The van der Waals surface area contributed by atoms with Gasteiger partial charge in [0.1, 0.15) is 11.5 Å². The quantitative estimate of drug-likeness (QED) is 0.873. The largest absolute Gasteiger partial charge is 0.464 e. The van der Waals surface area contributed by atoms with Gasteiger partial charge in [-0.3, -0.25) is 0 Å². The minimum absolute atomic E-state index is 0.147. The highest BCUT2D eigenvalue weighted by atomic mass is 16.3. The van der Waals surface area contributed by atoms with Gasteiger partial charge in [-0.05, 0) is 61.4 Å². The first kappa shape index (κ1) is 11.5. The van der Waals surface area contributed by atoms with Gasteiger partial charge >= 0.3 is 0 Å². The molecular weight excluding hydrogens is 222 g/mol. The Morgan fingerprint density at radius 1 is 1.06 bits per heavy atom. The monoisotopic (exact) mass is 241 g/mol. The molecule has 0 amide bonds. The van der Waals surface area contributed by atoms with Crippen LogP contribution in [0.15, 0.2) is 34.7 Å². The maximum atomic E-state index is 6.27. The van der Waals surface area contributed by atoms with E-state index in [9.17, 15) is 0 Å². The zero-order chi connectivity index (χ0) is 12.5. The van der Waals surface area contributed by atoms with Gasteiger partial charge in [0.2, 0.25) is 0 Å². The zero-order valence-electron chi connectivity index (χ0n) is 10.8. The Bertz CT molecular complexity index is 556. The van der Waals surface area contributed by atoms with Crippen molar-refractivity contribution in [3.63, 3.8) is 0 Å². The van der Waals surface area contributed by atoms with Crippen LogP contribution in [0.4, 0.5) is 0 Å². The van der Waals surface area contributed by atoms with Crippen LogP contribution in [0.2, 0.25) is 0 Å². The third-order valence-corrected chi connectivity index (χ3v) is 3.80. The first-order valence-electron chi connectivity index (χ1n) is 6.67. The Morgan fingerprint density at radius 3 is 2.56 bits per heavy atom. The lowest BCUT2D eigenvalue weighted by atomic mass is 9.89. The number of rotatable bonds is 2. The molecule has 0 saturated carbocycles. The van der Waals surface area contributed by atoms with Gasteiger partial charge in [-0.2, -0.15) is 0 Å². The highest BCUT2D eigenvalue weighted by Crippen LogP contribution is 2.27. The predicted molar refractivity (Wildman–Crippen MR) is 72.6 cm³/mol. The predicted octanol–water partition coefficient (Wildman–Crippen LogP) is 3.51. The van der Waals surface area contributed by atoms with Crippen molar-refractivity contribution in [2.24, 2.45) is 5.73 Å². The number of furan rings is 1. The standard InChI is InChI=1S/C16H19NO/c1-11-6-9-15(18-11)16(17)14-8-7-12-4-2-3-5-13(12)10-14/h6-10,16H,2-5,17H2,1H3. The summed E-state index contributed by atoms with van der Waals surface area (Å²) >= 11 is 0. The third kappa shape index (κ3) is 2.08. The van der Waals surface area contributed by atoms with E-state index < -0.39 is 0 Å². The van der Waals surface area contributed by atoms with Crippen molar-refractivity contribution in [3.8, 4) is 0 Å². The van der Waals surface area contributed by atoms with E-state index in [1.54, 1.807) is 0 Å². The topological polar surface area (TPSA) is 39.2 Å². The van der Waals surface area contributed by atoms with E-state index >= 15 is 0 Å². The zero-order valence-corrected chi connectivity index (χ0v) is 10.8. The summed E-state index contributed by atoms with van der Waals surface area (Å²) in [5.74, 6) is 1.77. The van der Waals surface area contributed by atoms with Crippen molar-refractivity contribution in [2.45, 2.75) is 38.6 Å². The van der Waals surface area contributed by atoms with E-state index in [1.165, 1.54) is 36.8 Å². The summed E-state index contributed by atoms with van der Waals surface area (Å²) in [5, 5.41) is 0. The van der Waals surface area contributed by atoms with Crippen LogP contribution in [0.5, 0.6) is 0 Å². The normalized spacial score (nSPS) is 16.3. The van der Waals surface area contributed by atoms with Crippen LogP contribution in [0, 0.1) is 6.92 Å². The van der Waals surface area contributed by atoms with Crippen LogP contribution in [0.3, 0.4) is 0 Å². The van der Waals surface area contributed by atoms with Gasteiger partial charge in [-0.1, -0.05) is 18.2 Å². The molecule has 1 aromatic heterocycles. The van der Waals surface area contributed by atoms with Gasteiger partial charge in [-0.25, -0.2) is 0 Å². The number of aryl methyl sites for hydroxylation is 3. The number of fused-ring (bicyclic) bond motifs is 1. The summed E-state index contributed by atoms with van der Waals surface area (Å²) in [5.41, 5.74) is 10.4. The Hall–Kier alpha value is -1.54. The van der Waals surface area contributed by atoms with Gasteiger partial charge in [0, 0.05) is 0 Å². The molecule has 1 aromatic carbocycles. The summed E-state index contributed by atoms with van der Waals surface area (Å²) in [6, 6.07) is 10.4. The molecule has 2 aromatic rings.